The molecule has 0 bridgehead atoms. The van der Waals surface area contributed by atoms with E-state index in [-0.39, 0.29) is 11.7 Å². The molecule has 0 aromatic carbocycles. The molecule has 84 valence electrons. The second kappa shape index (κ2) is 4.57. The fraction of sp³-hybridized carbons (Fsp3) is 1.00. The van der Waals surface area contributed by atoms with Gasteiger partial charge in [0.25, 0.3) is 0 Å². The first-order chi connectivity index (χ1) is 6.38. The molecule has 1 aliphatic heterocycles. The van der Waals surface area contributed by atoms with Gasteiger partial charge in [-0.05, 0) is 33.6 Å². The Hall–Kier alpha value is -0.160. The maximum atomic E-state index is 9.72. The van der Waals surface area contributed by atoms with Crippen LogP contribution < -0.4 is 0 Å². The summed E-state index contributed by atoms with van der Waals surface area (Å²) < 4.78 is 5.40. The lowest BCUT2D eigenvalue weighted by Gasteiger charge is -2.36. The van der Waals surface area contributed by atoms with Crippen molar-refractivity contribution in [2.24, 2.45) is 0 Å². The molecular formula is C10H21NO3. The molecule has 14 heavy (non-hydrogen) atoms. The number of piperidine rings is 1. The number of aliphatic hydroxyl groups excluding tert-OH is 2. The quantitative estimate of drug-likeness (QED) is 0.643. The molecule has 1 saturated heterocycles. The van der Waals surface area contributed by atoms with Crippen LogP contribution in [0.4, 0.5) is 0 Å². The largest absolute Gasteiger partial charge is 0.392 e. The van der Waals surface area contributed by atoms with Crippen LogP contribution in [0.25, 0.3) is 0 Å². The number of rotatable bonds is 2. The van der Waals surface area contributed by atoms with Crippen molar-refractivity contribution in [1.82, 2.24) is 4.90 Å². The second-order valence-electron chi connectivity index (χ2n) is 4.85. The fourth-order valence-corrected chi connectivity index (χ4v) is 1.57. The van der Waals surface area contributed by atoms with Gasteiger partial charge in [-0.1, -0.05) is 0 Å². The van der Waals surface area contributed by atoms with Crippen LogP contribution in [0.2, 0.25) is 0 Å². The van der Waals surface area contributed by atoms with E-state index in [1.165, 1.54) is 0 Å². The summed E-state index contributed by atoms with van der Waals surface area (Å²) in [6, 6.07) is 0. The van der Waals surface area contributed by atoms with E-state index in [4.69, 9.17) is 4.74 Å². The van der Waals surface area contributed by atoms with E-state index in [2.05, 4.69) is 0 Å². The van der Waals surface area contributed by atoms with E-state index in [1.807, 2.05) is 20.8 Å². The SMILES string of the molecule is CC(C)(C)OC(O)N1CCCC(O)C1. The lowest BCUT2D eigenvalue weighted by atomic mass is 10.1. The average molecular weight is 203 g/mol. The van der Waals surface area contributed by atoms with Gasteiger partial charge in [-0.2, -0.15) is 0 Å². The van der Waals surface area contributed by atoms with Gasteiger partial charge in [0.15, 0.2) is 0 Å². The van der Waals surface area contributed by atoms with Crippen molar-refractivity contribution in [3.05, 3.63) is 0 Å². The van der Waals surface area contributed by atoms with Crippen LogP contribution in [0, 0.1) is 0 Å². The Balaban J connectivity index is 2.39. The number of nitrogens with zero attached hydrogens (tertiary/aromatic N) is 1. The van der Waals surface area contributed by atoms with Gasteiger partial charge >= 0.3 is 0 Å². The van der Waals surface area contributed by atoms with E-state index in [0.717, 1.165) is 19.4 Å². The maximum absolute atomic E-state index is 9.72. The van der Waals surface area contributed by atoms with Crippen molar-refractivity contribution in [3.8, 4) is 0 Å². The Morgan fingerprint density at radius 3 is 2.57 bits per heavy atom. The van der Waals surface area contributed by atoms with Gasteiger partial charge in [0, 0.05) is 13.1 Å². The van der Waals surface area contributed by atoms with Crippen LogP contribution in [0.3, 0.4) is 0 Å². The highest BCUT2D eigenvalue weighted by atomic mass is 16.6. The molecule has 1 heterocycles. The predicted octanol–water partition coefficient (Wildman–Crippen LogP) is 0.534. The highest BCUT2D eigenvalue weighted by Gasteiger charge is 2.26. The molecule has 1 aliphatic rings. The van der Waals surface area contributed by atoms with Crippen molar-refractivity contribution in [2.45, 2.75) is 51.7 Å². The van der Waals surface area contributed by atoms with Crippen molar-refractivity contribution in [3.63, 3.8) is 0 Å². The summed E-state index contributed by atoms with van der Waals surface area (Å²) in [6.07, 6.45) is 0.497. The number of β-amino-alcohol motifs (C(OH)–C–C–N with tert-alkyl or cyclic N) is 1. The number of hydrogen-bond donors (Lipinski definition) is 2. The van der Waals surface area contributed by atoms with E-state index < -0.39 is 6.41 Å². The van der Waals surface area contributed by atoms with E-state index in [0.29, 0.717) is 6.54 Å². The van der Waals surface area contributed by atoms with Crippen molar-refractivity contribution in [2.75, 3.05) is 13.1 Å². The normalized spacial score (nSPS) is 27.6. The van der Waals surface area contributed by atoms with Gasteiger partial charge in [0.2, 0.25) is 6.41 Å². The van der Waals surface area contributed by atoms with Crippen molar-refractivity contribution < 1.29 is 14.9 Å². The minimum atomic E-state index is -0.898. The topological polar surface area (TPSA) is 52.9 Å². The van der Waals surface area contributed by atoms with E-state index in [9.17, 15) is 10.2 Å². The van der Waals surface area contributed by atoms with Crippen LogP contribution in [0.5, 0.6) is 0 Å². The van der Waals surface area contributed by atoms with Gasteiger partial charge in [0.1, 0.15) is 0 Å². The zero-order chi connectivity index (χ0) is 10.8. The van der Waals surface area contributed by atoms with Gasteiger partial charge in [-0.15, -0.1) is 0 Å². The monoisotopic (exact) mass is 203 g/mol. The minimum absolute atomic E-state index is 0.332. The van der Waals surface area contributed by atoms with Crippen LogP contribution in [0.15, 0.2) is 0 Å². The van der Waals surface area contributed by atoms with Gasteiger partial charge in [-0.25, -0.2) is 0 Å². The molecule has 0 saturated carbocycles. The molecule has 1 fully saturated rings. The number of likely N-dealkylation sites (tertiary alicyclic amines) is 1. The zero-order valence-electron chi connectivity index (χ0n) is 9.23. The Labute approximate surface area is 85.5 Å². The molecule has 0 aromatic rings. The highest BCUT2D eigenvalue weighted by molar-refractivity contribution is 4.72. The Morgan fingerprint density at radius 1 is 1.43 bits per heavy atom. The van der Waals surface area contributed by atoms with E-state index >= 15 is 0 Å². The minimum Gasteiger partial charge on any atom is -0.392 e. The summed E-state index contributed by atoms with van der Waals surface area (Å²) in [4.78, 5) is 1.76. The van der Waals surface area contributed by atoms with Gasteiger partial charge in [0.05, 0.1) is 11.7 Å². The van der Waals surface area contributed by atoms with Gasteiger partial charge < -0.3 is 14.9 Å². The molecule has 1 rings (SSSR count). The van der Waals surface area contributed by atoms with E-state index in [1.54, 1.807) is 4.90 Å². The summed E-state index contributed by atoms with van der Waals surface area (Å²) in [5.74, 6) is 0. The number of hydrogen-bond acceptors (Lipinski definition) is 4. The molecule has 0 aromatic heterocycles. The number of ether oxygens (including phenoxy) is 1. The van der Waals surface area contributed by atoms with Crippen molar-refractivity contribution >= 4 is 0 Å². The summed E-state index contributed by atoms with van der Waals surface area (Å²) in [5.41, 5.74) is -0.359. The van der Waals surface area contributed by atoms with Crippen molar-refractivity contribution in [1.29, 1.82) is 0 Å². The summed E-state index contributed by atoms with van der Waals surface area (Å²) in [6.45, 7) is 6.98. The third kappa shape index (κ3) is 3.92. The third-order valence-corrected chi connectivity index (χ3v) is 2.20. The first-order valence-electron chi connectivity index (χ1n) is 5.16. The molecule has 4 nitrogen and oxygen atoms in total. The molecule has 0 aliphatic carbocycles. The lowest BCUT2D eigenvalue weighted by molar-refractivity contribution is -0.247. The Morgan fingerprint density at radius 2 is 2.07 bits per heavy atom. The van der Waals surface area contributed by atoms with Crippen LogP contribution >= 0.6 is 0 Å². The molecular weight excluding hydrogens is 182 g/mol. The first kappa shape index (κ1) is 11.9. The Kier molecular flexibility index (Phi) is 3.89. The van der Waals surface area contributed by atoms with Crippen LogP contribution in [-0.2, 0) is 4.74 Å². The average Bonchev–Trinajstić information content (AvgIpc) is 2.01. The molecule has 4 heteroatoms. The first-order valence-corrected chi connectivity index (χ1v) is 5.16. The highest BCUT2D eigenvalue weighted by Crippen LogP contribution is 2.16. The van der Waals surface area contributed by atoms with Crippen LogP contribution in [-0.4, -0.2) is 46.3 Å². The summed E-state index contributed by atoms with van der Waals surface area (Å²) in [5, 5.41) is 19.1. The maximum Gasteiger partial charge on any atom is 0.216 e. The zero-order valence-corrected chi connectivity index (χ0v) is 9.23. The molecule has 2 N–H and O–H groups in total. The molecule has 0 radical (unpaired) electrons. The smallest absolute Gasteiger partial charge is 0.216 e. The molecule has 0 spiro atoms. The predicted molar refractivity (Wildman–Crippen MR) is 53.7 cm³/mol. The van der Waals surface area contributed by atoms with Crippen LogP contribution in [0.1, 0.15) is 33.6 Å². The van der Waals surface area contributed by atoms with Gasteiger partial charge in [-0.3, -0.25) is 4.90 Å². The second-order valence-corrected chi connectivity index (χ2v) is 4.85. The summed E-state index contributed by atoms with van der Waals surface area (Å²) in [7, 11) is 0. The standard InChI is InChI=1S/C10H21NO3/c1-10(2,3)14-9(13)11-6-4-5-8(12)7-11/h8-9,12-13H,4-7H2,1-3H3. The molecule has 2 atom stereocenters. The number of aliphatic hydroxyl groups is 2. The molecule has 2 unspecified atom stereocenters. The third-order valence-electron chi connectivity index (χ3n) is 2.20. The summed E-state index contributed by atoms with van der Waals surface area (Å²) >= 11 is 0. The fourth-order valence-electron chi connectivity index (χ4n) is 1.57. The Bertz CT molecular complexity index is 179. The lowest BCUT2D eigenvalue weighted by Crippen LogP contribution is -2.48. The molecule has 0 amide bonds.